The van der Waals surface area contributed by atoms with Gasteiger partial charge in [-0.25, -0.2) is 5.43 Å². The number of carbonyl (C=O) groups excluding carboxylic acids is 1. The number of benzene rings is 3. The van der Waals surface area contributed by atoms with E-state index in [2.05, 4.69) is 10.5 Å². The number of hydrogen-bond acceptors (Lipinski definition) is 6. The summed E-state index contributed by atoms with van der Waals surface area (Å²) >= 11 is 5.80. The van der Waals surface area contributed by atoms with Crippen molar-refractivity contribution in [1.29, 1.82) is 0 Å². The first-order valence-corrected chi connectivity index (χ1v) is 10.4. The van der Waals surface area contributed by atoms with E-state index in [0.717, 1.165) is 0 Å². The lowest BCUT2D eigenvalue weighted by molar-refractivity contribution is 0.0955. The Hall–Kier alpha value is -3.36. The van der Waals surface area contributed by atoms with Crippen LogP contribution in [0.5, 0.6) is 11.5 Å². The summed E-state index contributed by atoms with van der Waals surface area (Å²) in [6.07, 6.45) is 1.39. The van der Waals surface area contributed by atoms with Crippen molar-refractivity contribution in [3.63, 3.8) is 0 Å². The summed E-state index contributed by atoms with van der Waals surface area (Å²) in [7, 11) is -2.61. The second-order valence-corrected chi connectivity index (χ2v) is 7.95. The van der Waals surface area contributed by atoms with Crippen molar-refractivity contribution in [2.45, 2.75) is 4.90 Å². The van der Waals surface area contributed by atoms with E-state index in [4.69, 9.17) is 20.5 Å². The summed E-state index contributed by atoms with van der Waals surface area (Å²) in [5, 5.41) is 4.42. The van der Waals surface area contributed by atoms with Crippen molar-refractivity contribution in [3.8, 4) is 11.5 Å². The summed E-state index contributed by atoms with van der Waals surface area (Å²) in [5.74, 6) is -0.171. The minimum atomic E-state index is -4.00. The largest absolute Gasteiger partial charge is 0.493 e. The second kappa shape index (κ2) is 9.43. The summed E-state index contributed by atoms with van der Waals surface area (Å²) < 4.78 is 35.2. The molecule has 0 unspecified atom stereocenters. The third-order valence-corrected chi connectivity index (χ3v) is 5.41. The zero-order chi connectivity index (χ0) is 21.6. The molecule has 0 aromatic heterocycles. The molecule has 0 saturated heterocycles. The number of amides is 1. The standard InChI is InChI=1S/C21H17ClN2O5S/c1-28-20-13-15(14-23-24-21(25)16-8-10-17(22)11-9-16)7-12-19(20)29-30(26,27)18-5-3-2-4-6-18/h2-14H,1H3,(H,24,25). The molecule has 3 aromatic carbocycles. The summed E-state index contributed by atoms with van der Waals surface area (Å²) in [6, 6.07) is 18.7. The molecule has 7 nitrogen and oxygen atoms in total. The molecule has 0 heterocycles. The van der Waals surface area contributed by atoms with Gasteiger partial charge in [0.05, 0.1) is 13.3 Å². The van der Waals surface area contributed by atoms with Crippen LogP contribution in [0.2, 0.25) is 5.02 Å². The molecule has 1 N–H and O–H groups in total. The van der Waals surface area contributed by atoms with Crippen LogP contribution in [-0.4, -0.2) is 27.6 Å². The van der Waals surface area contributed by atoms with Crippen molar-refractivity contribution in [3.05, 3.63) is 88.9 Å². The maximum absolute atomic E-state index is 12.4. The molecular weight excluding hydrogens is 428 g/mol. The van der Waals surface area contributed by atoms with Gasteiger partial charge in [0, 0.05) is 10.6 Å². The lowest BCUT2D eigenvalue weighted by atomic mass is 10.2. The van der Waals surface area contributed by atoms with Crippen LogP contribution >= 0.6 is 11.6 Å². The number of rotatable bonds is 7. The van der Waals surface area contributed by atoms with Crippen molar-refractivity contribution in [1.82, 2.24) is 5.43 Å². The average molecular weight is 445 g/mol. The number of carbonyl (C=O) groups is 1. The SMILES string of the molecule is COc1cc(C=NNC(=O)c2ccc(Cl)cc2)ccc1OS(=O)(=O)c1ccccc1. The van der Waals surface area contributed by atoms with Crippen molar-refractivity contribution < 1.29 is 22.1 Å². The third kappa shape index (κ3) is 5.37. The molecule has 0 atom stereocenters. The molecule has 0 fully saturated rings. The number of hydrazone groups is 1. The van der Waals surface area contributed by atoms with E-state index in [1.54, 1.807) is 48.5 Å². The van der Waals surface area contributed by atoms with E-state index in [0.29, 0.717) is 16.1 Å². The van der Waals surface area contributed by atoms with Gasteiger partial charge in [0.2, 0.25) is 0 Å². The van der Waals surface area contributed by atoms with Gasteiger partial charge in [-0.05, 0) is 60.2 Å². The van der Waals surface area contributed by atoms with Gasteiger partial charge < -0.3 is 8.92 Å². The Morgan fingerprint density at radius 2 is 1.70 bits per heavy atom. The number of nitrogens with zero attached hydrogens (tertiary/aromatic N) is 1. The van der Waals surface area contributed by atoms with Crippen LogP contribution in [-0.2, 0) is 10.1 Å². The third-order valence-electron chi connectivity index (χ3n) is 3.91. The van der Waals surface area contributed by atoms with Gasteiger partial charge in [0.1, 0.15) is 4.90 Å². The molecule has 0 saturated carbocycles. The molecule has 0 aliphatic rings. The fourth-order valence-electron chi connectivity index (χ4n) is 2.42. The van der Waals surface area contributed by atoms with Crippen LogP contribution in [0.4, 0.5) is 0 Å². The molecule has 0 bridgehead atoms. The highest BCUT2D eigenvalue weighted by Crippen LogP contribution is 2.30. The summed E-state index contributed by atoms with van der Waals surface area (Å²) in [5.41, 5.74) is 3.37. The quantitative estimate of drug-likeness (QED) is 0.339. The molecule has 3 aromatic rings. The number of methoxy groups -OCH3 is 1. The normalized spacial score (nSPS) is 11.3. The van der Waals surface area contributed by atoms with Gasteiger partial charge >= 0.3 is 10.1 Å². The van der Waals surface area contributed by atoms with E-state index in [1.165, 1.54) is 37.6 Å². The molecule has 154 valence electrons. The molecule has 0 spiro atoms. The molecule has 0 aliphatic carbocycles. The first-order chi connectivity index (χ1) is 14.4. The van der Waals surface area contributed by atoms with E-state index < -0.39 is 16.0 Å². The topological polar surface area (TPSA) is 94.1 Å². The average Bonchev–Trinajstić information content (AvgIpc) is 2.75. The maximum Gasteiger partial charge on any atom is 0.339 e. The van der Waals surface area contributed by atoms with Gasteiger partial charge in [-0.15, -0.1) is 0 Å². The van der Waals surface area contributed by atoms with Crippen LogP contribution in [0.3, 0.4) is 0 Å². The van der Waals surface area contributed by atoms with Crippen LogP contribution < -0.4 is 14.3 Å². The zero-order valence-corrected chi connectivity index (χ0v) is 17.4. The highest BCUT2D eigenvalue weighted by molar-refractivity contribution is 7.87. The fourth-order valence-corrected chi connectivity index (χ4v) is 3.50. The predicted octanol–water partition coefficient (Wildman–Crippen LogP) is 3.88. The molecule has 1 amide bonds. The van der Waals surface area contributed by atoms with Gasteiger partial charge in [0.25, 0.3) is 5.91 Å². The molecule has 0 radical (unpaired) electrons. The Kier molecular flexibility index (Phi) is 6.71. The van der Waals surface area contributed by atoms with Crippen LogP contribution in [0.15, 0.2) is 82.8 Å². The number of nitrogens with one attached hydrogen (secondary N) is 1. The predicted molar refractivity (Wildman–Crippen MR) is 114 cm³/mol. The zero-order valence-electron chi connectivity index (χ0n) is 15.8. The van der Waals surface area contributed by atoms with Gasteiger partial charge in [-0.1, -0.05) is 29.8 Å². The fraction of sp³-hybridized carbons (Fsp3) is 0.0476. The van der Waals surface area contributed by atoms with Gasteiger partial charge in [0.15, 0.2) is 11.5 Å². The Morgan fingerprint density at radius 3 is 2.37 bits per heavy atom. The first kappa shape index (κ1) is 21.4. The lowest BCUT2D eigenvalue weighted by Crippen LogP contribution is -2.17. The number of hydrogen-bond donors (Lipinski definition) is 1. The van der Waals surface area contributed by atoms with Crippen LogP contribution in [0, 0.1) is 0 Å². The van der Waals surface area contributed by atoms with Crippen LogP contribution in [0.25, 0.3) is 0 Å². The Bertz CT molecular complexity index is 1160. The summed E-state index contributed by atoms with van der Waals surface area (Å²) in [4.78, 5) is 12.1. The van der Waals surface area contributed by atoms with E-state index in [9.17, 15) is 13.2 Å². The molecule has 30 heavy (non-hydrogen) atoms. The Morgan fingerprint density at radius 1 is 1.00 bits per heavy atom. The van der Waals surface area contributed by atoms with E-state index in [1.807, 2.05) is 0 Å². The van der Waals surface area contributed by atoms with Gasteiger partial charge in [-0.3, -0.25) is 4.79 Å². The second-order valence-electron chi connectivity index (χ2n) is 5.97. The number of ether oxygens (including phenoxy) is 1. The minimum absolute atomic E-state index is 0.0302. The van der Waals surface area contributed by atoms with E-state index >= 15 is 0 Å². The highest BCUT2D eigenvalue weighted by atomic mass is 35.5. The minimum Gasteiger partial charge on any atom is -0.493 e. The molecule has 3 rings (SSSR count). The maximum atomic E-state index is 12.4. The van der Waals surface area contributed by atoms with Crippen molar-refractivity contribution >= 4 is 33.8 Å². The molecular formula is C21H17ClN2O5S. The highest BCUT2D eigenvalue weighted by Gasteiger charge is 2.18. The Balaban J connectivity index is 1.71. The lowest BCUT2D eigenvalue weighted by Gasteiger charge is -2.11. The van der Waals surface area contributed by atoms with E-state index in [-0.39, 0.29) is 16.4 Å². The first-order valence-electron chi connectivity index (χ1n) is 8.65. The summed E-state index contributed by atoms with van der Waals surface area (Å²) in [6.45, 7) is 0. The smallest absolute Gasteiger partial charge is 0.339 e. The monoisotopic (exact) mass is 444 g/mol. The number of halogens is 1. The van der Waals surface area contributed by atoms with Crippen molar-refractivity contribution in [2.24, 2.45) is 5.10 Å². The van der Waals surface area contributed by atoms with Crippen LogP contribution in [0.1, 0.15) is 15.9 Å². The van der Waals surface area contributed by atoms with Gasteiger partial charge in [-0.2, -0.15) is 13.5 Å². The molecule has 9 heteroatoms. The van der Waals surface area contributed by atoms with Crippen molar-refractivity contribution in [2.75, 3.05) is 7.11 Å². The Labute approximate surface area is 179 Å². The molecule has 0 aliphatic heterocycles.